The summed E-state index contributed by atoms with van der Waals surface area (Å²) in [5.41, 5.74) is 4.66. The fraction of sp³-hybridized carbons (Fsp3) is 0.235. The molecule has 1 unspecified atom stereocenters. The van der Waals surface area contributed by atoms with Crippen LogP contribution < -0.4 is 10.6 Å². The van der Waals surface area contributed by atoms with E-state index >= 15 is 0 Å². The SMILES string of the molecule is O=C(Nc1ccc2c(c1)CCN2)C1Cc2ccccc2S1. The van der Waals surface area contributed by atoms with Crippen LogP contribution in [0.15, 0.2) is 47.4 Å². The molecule has 1 amide bonds. The van der Waals surface area contributed by atoms with Crippen LogP contribution in [0.5, 0.6) is 0 Å². The maximum absolute atomic E-state index is 12.4. The van der Waals surface area contributed by atoms with Gasteiger partial charge in [-0.2, -0.15) is 0 Å². The first-order valence-electron chi connectivity index (χ1n) is 7.22. The number of amides is 1. The second kappa shape index (κ2) is 5.11. The molecule has 2 heterocycles. The van der Waals surface area contributed by atoms with Gasteiger partial charge in [-0.1, -0.05) is 18.2 Å². The zero-order valence-electron chi connectivity index (χ0n) is 11.6. The molecule has 21 heavy (non-hydrogen) atoms. The molecule has 3 nitrogen and oxygen atoms in total. The molecule has 2 N–H and O–H groups in total. The molecule has 2 aliphatic rings. The van der Waals surface area contributed by atoms with E-state index in [9.17, 15) is 4.79 Å². The first kappa shape index (κ1) is 12.8. The Hall–Kier alpha value is -1.94. The number of hydrogen-bond acceptors (Lipinski definition) is 3. The van der Waals surface area contributed by atoms with Crippen molar-refractivity contribution in [3.63, 3.8) is 0 Å². The lowest BCUT2D eigenvalue weighted by Crippen LogP contribution is -2.24. The van der Waals surface area contributed by atoms with Crippen molar-refractivity contribution in [3.05, 3.63) is 53.6 Å². The van der Waals surface area contributed by atoms with Crippen molar-refractivity contribution in [2.75, 3.05) is 17.2 Å². The summed E-state index contributed by atoms with van der Waals surface area (Å²) in [7, 11) is 0. The van der Waals surface area contributed by atoms with Gasteiger partial charge in [0, 0.05) is 22.8 Å². The summed E-state index contributed by atoms with van der Waals surface area (Å²) in [6.07, 6.45) is 1.85. The average Bonchev–Trinajstić information content (AvgIpc) is 3.13. The van der Waals surface area contributed by atoms with Gasteiger partial charge in [0.25, 0.3) is 0 Å². The van der Waals surface area contributed by atoms with Crippen LogP contribution in [0.4, 0.5) is 11.4 Å². The highest BCUT2D eigenvalue weighted by Gasteiger charge is 2.28. The summed E-state index contributed by atoms with van der Waals surface area (Å²) in [5.74, 6) is 0.0992. The molecule has 0 bridgehead atoms. The molecule has 1 atom stereocenters. The van der Waals surface area contributed by atoms with Gasteiger partial charge in [0.05, 0.1) is 5.25 Å². The van der Waals surface area contributed by atoms with Crippen molar-refractivity contribution in [1.82, 2.24) is 0 Å². The number of anilines is 2. The summed E-state index contributed by atoms with van der Waals surface area (Å²) in [4.78, 5) is 13.7. The smallest absolute Gasteiger partial charge is 0.238 e. The van der Waals surface area contributed by atoms with E-state index in [2.05, 4.69) is 34.9 Å². The second-order valence-electron chi connectivity index (χ2n) is 5.46. The zero-order valence-corrected chi connectivity index (χ0v) is 12.4. The number of thioether (sulfide) groups is 1. The van der Waals surface area contributed by atoms with E-state index < -0.39 is 0 Å². The molecular formula is C17H16N2OS. The predicted octanol–water partition coefficient (Wildman–Crippen LogP) is 3.31. The van der Waals surface area contributed by atoms with Gasteiger partial charge in [0.2, 0.25) is 5.91 Å². The van der Waals surface area contributed by atoms with Crippen LogP contribution in [0.1, 0.15) is 11.1 Å². The van der Waals surface area contributed by atoms with E-state index in [0.717, 1.165) is 25.1 Å². The number of carbonyl (C=O) groups is 1. The van der Waals surface area contributed by atoms with E-state index in [1.165, 1.54) is 21.7 Å². The van der Waals surface area contributed by atoms with Crippen molar-refractivity contribution < 1.29 is 4.79 Å². The summed E-state index contributed by atoms with van der Waals surface area (Å²) in [5, 5.41) is 6.37. The first-order valence-corrected chi connectivity index (χ1v) is 8.10. The Balaban J connectivity index is 1.47. The molecule has 4 rings (SSSR count). The van der Waals surface area contributed by atoms with Gasteiger partial charge in [-0.25, -0.2) is 0 Å². The standard InChI is InChI=1S/C17H16N2OS/c20-17(16-10-12-3-1-2-4-15(12)21-16)19-13-5-6-14-11(9-13)7-8-18-14/h1-6,9,16,18H,7-8,10H2,(H,19,20). The van der Waals surface area contributed by atoms with Crippen LogP contribution in [0, 0.1) is 0 Å². The van der Waals surface area contributed by atoms with E-state index in [0.29, 0.717) is 0 Å². The maximum atomic E-state index is 12.4. The third kappa shape index (κ3) is 2.40. The summed E-state index contributed by atoms with van der Waals surface area (Å²) < 4.78 is 0. The highest BCUT2D eigenvalue weighted by Crippen LogP contribution is 2.37. The number of benzene rings is 2. The number of rotatable bonds is 2. The lowest BCUT2D eigenvalue weighted by molar-refractivity contribution is -0.115. The van der Waals surface area contributed by atoms with Gasteiger partial charge in [-0.15, -0.1) is 11.8 Å². The Kier molecular flexibility index (Phi) is 3.11. The highest BCUT2D eigenvalue weighted by atomic mass is 32.2. The molecule has 106 valence electrons. The van der Waals surface area contributed by atoms with E-state index in [-0.39, 0.29) is 11.2 Å². The molecule has 0 saturated carbocycles. The largest absolute Gasteiger partial charge is 0.384 e. The van der Waals surface area contributed by atoms with Crippen molar-refractivity contribution in [1.29, 1.82) is 0 Å². The van der Waals surface area contributed by atoms with E-state index in [1.807, 2.05) is 18.2 Å². The number of hydrogen-bond donors (Lipinski definition) is 2. The Morgan fingerprint density at radius 3 is 3.00 bits per heavy atom. The predicted molar refractivity (Wildman–Crippen MR) is 87.1 cm³/mol. The monoisotopic (exact) mass is 296 g/mol. The molecule has 2 aromatic carbocycles. The van der Waals surface area contributed by atoms with E-state index in [4.69, 9.17) is 0 Å². The lowest BCUT2D eigenvalue weighted by Gasteiger charge is -2.11. The first-order chi connectivity index (χ1) is 10.3. The molecule has 0 radical (unpaired) electrons. The molecule has 4 heteroatoms. The fourth-order valence-electron chi connectivity index (χ4n) is 2.93. The fourth-order valence-corrected chi connectivity index (χ4v) is 4.13. The quantitative estimate of drug-likeness (QED) is 0.893. The molecule has 2 aliphatic heterocycles. The Labute approximate surface area is 128 Å². The van der Waals surface area contributed by atoms with Crippen LogP contribution >= 0.6 is 11.8 Å². The van der Waals surface area contributed by atoms with Crippen molar-refractivity contribution in [2.24, 2.45) is 0 Å². The molecule has 0 spiro atoms. The highest BCUT2D eigenvalue weighted by molar-refractivity contribution is 8.01. The van der Waals surface area contributed by atoms with Crippen molar-refractivity contribution >= 4 is 29.0 Å². The normalized spacial score (nSPS) is 18.8. The lowest BCUT2D eigenvalue weighted by atomic mass is 10.1. The molecule has 0 saturated heterocycles. The second-order valence-corrected chi connectivity index (χ2v) is 6.70. The van der Waals surface area contributed by atoms with Crippen molar-refractivity contribution in [3.8, 4) is 0 Å². The van der Waals surface area contributed by atoms with Gasteiger partial charge in [0.1, 0.15) is 0 Å². The van der Waals surface area contributed by atoms with Crippen LogP contribution in [0.2, 0.25) is 0 Å². The van der Waals surface area contributed by atoms with Gasteiger partial charge in [0.15, 0.2) is 0 Å². The summed E-state index contributed by atoms with van der Waals surface area (Å²) >= 11 is 1.66. The Bertz CT molecular complexity index is 689. The Morgan fingerprint density at radius 1 is 1.19 bits per heavy atom. The maximum Gasteiger partial charge on any atom is 0.238 e. The van der Waals surface area contributed by atoms with Crippen LogP contribution in [-0.2, 0) is 17.6 Å². The Morgan fingerprint density at radius 2 is 2.10 bits per heavy atom. The minimum atomic E-state index is -0.0196. The van der Waals surface area contributed by atoms with Crippen LogP contribution in [0.25, 0.3) is 0 Å². The third-order valence-corrected chi connectivity index (χ3v) is 5.34. The molecule has 0 aliphatic carbocycles. The van der Waals surface area contributed by atoms with Crippen molar-refractivity contribution in [2.45, 2.75) is 23.0 Å². The third-order valence-electron chi connectivity index (χ3n) is 4.02. The molecule has 2 aromatic rings. The summed E-state index contributed by atoms with van der Waals surface area (Å²) in [6, 6.07) is 14.4. The molecular weight excluding hydrogens is 280 g/mol. The topological polar surface area (TPSA) is 41.1 Å². The molecule has 0 fully saturated rings. The number of nitrogens with one attached hydrogen (secondary N) is 2. The van der Waals surface area contributed by atoms with Gasteiger partial charge in [-0.3, -0.25) is 4.79 Å². The van der Waals surface area contributed by atoms with Gasteiger partial charge in [-0.05, 0) is 48.2 Å². The number of carbonyl (C=O) groups excluding carboxylic acids is 1. The van der Waals surface area contributed by atoms with Crippen LogP contribution in [0.3, 0.4) is 0 Å². The zero-order chi connectivity index (χ0) is 14.2. The van der Waals surface area contributed by atoms with E-state index in [1.54, 1.807) is 11.8 Å². The van der Waals surface area contributed by atoms with Gasteiger partial charge < -0.3 is 10.6 Å². The average molecular weight is 296 g/mol. The summed E-state index contributed by atoms with van der Waals surface area (Å²) in [6.45, 7) is 0.987. The minimum Gasteiger partial charge on any atom is -0.384 e. The number of fused-ring (bicyclic) bond motifs is 2. The van der Waals surface area contributed by atoms with Crippen LogP contribution in [-0.4, -0.2) is 17.7 Å². The molecule has 0 aromatic heterocycles. The minimum absolute atomic E-state index is 0.0196. The van der Waals surface area contributed by atoms with Gasteiger partial charge >= 0.3 is 0 Å².